The molecule has 1 rings (SSSR count). The van der Waals surface area contributed by atoms with E-state index in [-0.39, 0.29) is 17.2 Å². The molecule has 0 saturated carbocycles. The molecule has 0 unspecified atom stereocenters. The van der Waals surface area contributed by atoms with Crippen molar-refractivity contribution >= 4 is 5.84 Å². The van der Waals surface area contributed by atoms with Crippen molar-refractivity contribution in [1.29, 1.82) is 0 Å². The van der Waals surface area contributed by atoms with E-state index in [9.17, 15) is 4.39 Å². The van der Waals surface area contributed by atoms with Gasteiger partial charge in [0.1, 0.15) is 5.82 Å². The lowest BCUT2D eigenvalue weighted by molar-refractivity contribution is 0.318. The fourth-order valence-electron chi connectivity index (χ4n) is 1.96. The quantitative estimate of drug-likeness (QED) is 0.321. The Morgan fingerprint density at radius 1 is 1.47 bits per heavy atom. The lowest BCUT2D eigenvalue weighted by Gasteiger charge is -2.26. The molecular formula is C14H22FN3O. The zero-order chi connectivity index (χ0) is 14.5. The van der Waals surface area contributed by atoms with Crippen LogP contribution in [-0.4, -0.2) is 16.6 Å². The zero-order valence-electron chi connectivity index (χ0n) is 11.7. The Balaban J connectivity index is 2.76. The highest BCUT2D eigenvalue weighted by molar-refractivity contribution is 5.97. The SMILES string of the molecule is CCCC(C)(C)NCc1ccc(/C(N)=N/O)cc1F. The second-order valence-electron chi connectivity index (χ2n) is 5.28. The number of nitrogens with zero attached hydrogens (tertiary/aromatic N) is 1. The number of amidine groups is 1. The molecule has 0 atom stereocenters. The Labute approximate surface area is 113 Å². The number of halogens is 1. The van der Waals surface area contributed by atoms with Crippen LogP contribution in [0.2, 0.25) is 0 Å². The Kier molecular flexibility index (Phi) is 5.30. The molecule has 106 valence electrons. The molecule has 0 heterocycles. The lowest BCUT2D eigenvalue weighted by atomic mass is 9.98. The van der Waals surface area contributed by atoms with Gasteiger partial charge in [-0.1, -0.05) is 30.6 Å². The van der Waals surface area contributed by atoms with Gasteiger partial charge in [0, 0.05) is 23.2 Å². The Bertz CT molecular complexity index is 458. The molecule has 0 bridgehead atoms. The summed E-state index contributed by atoms with van der Waals surface area (Å²) >= 11 is 0. The second-order valence-corrected chi connectivity index (χ2v) is 5.28. The molecule has 0 aliphatic rings. The van der Waals surface area contributed by atoms with Crippen LogP contribution in [-0.2, 0) is 6.54 Å². The summed E-state index contributed by atoms with van der Waals surface area (Å²) in [7, 11) is 0. The van der Waals surface area contributed by atoms with Gasteiger partial charge in [-0.25, -0.2) is 4.39 Å². The minimum atomic E-state index is -0.358. The summed E-state index contributed by atoms with van der Waals surface area (Å²) in [4.78, 5) is 0. The van der Waals surface area contributed by atoms with Gasteiger partial charge in [-0.15, -0.1) is 0 Å². The molecule has 4 nitrogen and oxygen atoms in total. The summed E-state index contributed by atoms with van der Waals surface area (Å²) in [6.07, 6.45) is 2.10. The van der Waals surface area contributed by atoms with Crippen molar-refractivity contribution < 1.29 is 9.60 Å². The molecule has 0 fully saturated rings. The van der Waals surface area contributed by atoms with E-state index >= 15 is 0 Å². The number of hydrogen-bond acceptors (Lipinski definition) is 3. The summed E-state index contributed by atoms with van der Waals surface area (Å²) in [6, 6.07) is 4.57. The van der Waals surface area contributed by atoms with Crippen LogP contribution in [0.25, 0.3) is 0 Å². The first-order chi connectivity index (χ1) is 8.89. The molecule has 0 amide bonds. The molecule has 1 aromatic carbocycles. The third kappa shape index (κ3) is 4.52. The van der Waals surface area contributed by atoms with Gasteiger partial charge < -0.3 is 16.3 Å². The van der Waals surface area contributed by atoms with Gasteiger partial charge in [0.05, 0.1) is 0 Å². The highest BCUT2D eigenvalue weighted by atomic mass is 19.1. The summed E-state index contributed by atoms with van der Waals surface area (Å²) in [5.41, 5.74) is 6.33. The van der Waals surface area contributed by atoms with E-state index in [1.54, 1.807) is 12.1 Å². The smallest absolute Gasteiger partial charge is 0.170 e. The highest BCUT2D eigenvalue weighted by Crippen LogP contribution is 2.15. The average Bonchev–Trinajstić information content (AvgIpc) is 2.36. The van der Waals surface area contributed by atoms with Crippen LogP contribution in [0.1, 0.15) is 44.7 Å². The van der Waals surface area contributed by atoms with Crippen LogP contribution < -0.4 is 11.1 Å². The molecule has 5 heteroatoms. The number of rotatable bonds is 6. The van der Waals surface area contributed by atoms with Gasteiger partial charge in [-0.2, -0.15) is 0 Å². The van der Waals surface area contributed by atoms with Crippen molar-refractivity contribution in [3.05, 3.63) is 35.1 Å². The maximum Gasteiger partial charge on any atom is 0.170 e. The number of oxime groups is 1. The topological polar surface area (TPSA) is 70.6 Å². The predicted octanol–water partition coefficient (Wildman–Crippen LogP) is 2.59. The normalized spacial score (nSPS) is 12.7. The summed E-state index contributed by atoms with van der Waals surface area (Å²) in [5, 5.41) is 14.7. The molecular weight excluding hydrogens is 245 g/mol. The van der Waals surface area contributed by atoms with Gasteiger partial charge in [0.2, 0.25) is 0 Å². The first-order valence-corrected chi connectivity index (χ1v) is 6.41. The minimum absolute atomic E-state index is 0.0224. The van der Waals surface area contributed by atoms with E-state index < -0.39 is 0 Å². The lowest BCUT2D eigenvalue weighted by Crippen LogP contribution is -2.38. The van der Waals surface area contributed by atoms with Gasteiger partial charge in [-0.3, -0.25) is 0 Å². The van der Waals surface area contributed by atoms with Crippen LogP contribution >= 0.6 is 0 Å². The van der Waals surface area contributed by atoms with E-state index in [2.05, 4.69) is 31.2 Å². The van der Waals surface area contributed by atoms with E-state index in [1.807, 2.05) is 0 Å². The van der Waals surface area contributed by atoms with E-state index in [4.69, 9.17) is 10.9 Å². The van der Waals surface area contributed by atoms with Crippen LogP contribution in [0.5, 0.6) is 0 Å². The fraction of sp³-hybridized carbons (Fsp3) is 0.500. The standard InChI is InChI=1S/C14H22FN3O/c1-4-7-14(2,3)17-9-11-6-5-10(8-12(11)15)13(16)18-19/h5-6,8,17,19H,4,7,9H2,1-3H3,(H2,16,18). The van der Waals surface area contributed by atoms with E-state index in [0.717, 1.165) is 12.8 Å². The van der Waals surface area contributed by atoms with Crippen molar-refractivity contribution in [2.45, 2.75) is 45.7 Å². The van der Waals surface area contributed by atoms with Gasteiger partial charge in [0.25, 0.3) is 0 Å². The second kappa shape index (κ2) is 6.52. The maximum atomic E-state index is 13.9. The average molecular weight is 267 g/mol. The molecule has 0 spiro atoms. The first kappa shape index (κ1) is 15.4. The minimum Gasteiger partial charge on any atom is -0.409 e. The van der Waals surface area contributed by atoms with Crippen LogP contribution in [0.15, 0.2) is 23.4 Å². The number of benzene rings is 1. The monoisotopic (exact) mass is 267 g/mol. The third-order valence-electron chi connectivity index (χ3n) is 3.09. The van der Waals surface area contributed by atoms with E-state index in [0.29, 0.717) is 17.7 Å². The molecule has 19 heavy (non-hydrogen) atoms. The number of nitrogens with two attached hydrogens (primary N) is 1. The largest absolute Gasteiger partial charge is 0.409 e. The van der Waals surface area contributed by atoms with E-state index in [1.165, 1.54) is 6.07 Å². The Morgan fingerprint density at radius 2 is 2.16 bits per heavy atom. The van der Waals surface area contributed by atoms with Crippen molar-refractivity contribution in [3.8, 4) is 0 Å². The molecule has 0 aromatic heterocycles. The van der Waals surface area contributed by atoms with Gasteiger partial charge in [-0.05, 0) is 26.3 Å². The number of nitrogens with one attached hydrogen (secondary N) is 1. The van der Waals surface area contributed by atoms with Crippen molar-refractivity contribution in [2.24, 2.45) is 10.9 Å². The van der Waals surface area contributed by atoms with Crippen LogP contribution in [0.3, 0.4) is 0 Å². The van der Waals surface area contributed by atoms with Crippen LogP contribution in [0, 0.1) is 5.82 Å². The number of hydrogen-bond donors (Lipinski definition) is 3. The van der Waals surface area contributed by atoms with Crippen molar-refractivity contribution in [2.75, 3.05) is 0 Å². The van der Waals surface area contributed by atoms with Gasteiger partial charge in [0.15, 0.2) is 5.84 Å². The molecule has 0 saturated heterocycles. The predicted molar refractivity (Wildman–Crippen MR) is 74.7 cm³/mol. The van der Waals surface area contributed by atoms with Crippen LogP contribution in [0.4, 0.5) is 4.39 Å². The molecule has 4 N–H and O–H groups in total. The molecule has 0 aliphatic heterocycles. The van der Waals surface area contributed by atoms with Crippen molar-refractivity contribution in [3.63, 3.8) is 0 Å². The fourth-order valence-corrected chi connectivity index (χ4v) is 1.96. The van der Waals surface area contributed by atoms with Crippen molar-refractivity contribution in [1.82, 2.24) is 5.32 Å². The summed E-state index contributed by atoms with van der Waals surface area (Å²) in [5.74, 6) is -0.450. The zero-order valence-corrected chi connectivity index (χ0v) is 11.7. The molecule has 0 aliphatic carbocycles. The maximum absolute atomic E-state index is 13.9. The highest BCUT2D eigenvalue weighted by Gasteiger charge is 2.16. The summed E-state index contributed by atoms with van der Waals surface area (Å²) in [6.45, 7) is 6.77. The summed E-state index contributed by atoms with van der Waals surface area (Å²) < 4.78 is 13.9. The molecule has 0 radical (unpaired) electrons. The Morgan fingerprint density at radius 3 is 2.68 bits per heavy atom. The Hall–Kier alpha value is -1.62. The first-order valence-electron chi connectivity index (χ1n) is 6.41. The third-order valence-corrected chi connectivity index (χ3v) is 3.09. The van der Waals surface area contributed by atoms with Gasteiger partial charge >= 0.3 is 0 Å². The molecule has 1 aromatic rings.